The van der Waals surface area contributed by atoms with E-state index >= 15 is 0 Å². The Balaban J connectivity index is 4.87. The predicted octanol–water partition coefficient (Wildman–Crippen LogP) is 3.40. The quantitative estimate of drug-likeness (QED) is 0.646. The van der Waals surface area contributed by atoms with Gasteiger partial charge < -0.3 is 5.73 Å². The number of hydrogen-bond acceptors (Lipinski definition) is 1. The van der Waals surface area contributed by atoms with Crippen molar-refractivity contribution in [1.29, 1.82) is 0 Å². The molecule has 0 radical (unpaired) electrons. The third-order valence-corrected chi connectivity index (χ3v) is 1.98. The van der Waals surface area contributed by atoms with Crippen LogP contribution in [0.3, 0.4) is 0 Å². The van der Waals surface area contributed by atoms with Crippen LogP contribution in [0.5, 0.6) is 0 Å². The molecule has 0 saturated heterocycles. The van der Waals surface area contributed by atoms with Gasteiger partial charge in [0.2, 0.25) is 0 Å². The second-order valence-electron chi connectivity index (χ2n) is 4.37. The fourth-order valence-electron chi connectivity index (χ4n) is 1.02. The van der Waals surface area contributed by atoms with Crippen molar-refractivity contribution in [2.24, 2.45) is 11.1 Å². The molecule has 0 aliphatic carbocycles. The molecular formula is C12H21N. The van der Waals surface area contributed by atoms with Gasteiger partial charge in [0.15, 0.2) is 0 Å². The van der Waals surface area contributed by atoms with Gasteiger partial charge in [-0.3, -0.25) is 0 Å². The third kappa shape index (κ3) is 3.97. The first-order valence-corrected chi connectivity index (χ1v) is 4.59. The van der Waals surface area contributed by atoms with Crippen LogP contribution >= 0.6 is 0 Å². The van der Waals surface area contributed by atoms with E-state index in [2.05, 4.69) is 33.4 Å². The van der Waals surface area contributed by atoms with Gasteiger partial charge >= 0.3 is 0 Å². The molecule has 1 heteroatoms. The van der Waals surface area contributed by atoms with Crippen molar-refractivity contribution in [1.82, 2.24) is 0 Å². The highest BCUT2D eigenvalue weighted by atomic mass is 14.6. The first kappa shape index (κ1) is 12.0. The minimum Gasteiger partial charge on any atom is -0.399 e. The summed E-state index contributed by atoms with van der Waals surface area (Å²) >= 11 is 0. The van der Waals surface area contributed by atoms with E-state index in [1.54, 1.807) is 0 Å². The van der Waals surface area contributed by atoms with Crippen molar-refractivity contribution >= 4 is 0 Å². The summed E-state index contributed by atoms with van der Waals surface area (Å²) < 4.78 is 0. The lowest BCUT2D eigenvalue weighted by molar-refractivity contribution is 0.515. The third-order valence-electron chi connectivity index (χ3n) is 1.98. The Labute approximate surface area is 82.0 Å². The minimum absolute atomic E-state index is 0.148. The molecule has 0 aromatic rings. The highest BCUT2D eigenvalue weighted by Gasteiger charge is 2.14. The number of rotatable bonds is 2. The molecule has 0 bridgehead atoms. The predicted molar refractivity (Wildman–Crippen MR) is 60.3 cm³/mol. The molecular weight excluding hydrogens is 158 g/mol. The van der Waals surface area contributed by atoms with Crippen LogP contribution in [0.15, 0.2) is 35.6 Å². The van der Waals surface area contributed by atoms with Gasteiger partial charge in [-0.2, -0.15) is 0 Å². The van der Waals surface area contributed by atoms with E-state index in [1.807, 2.05) is 19.9 Å². The van der Waals surface area contributed by atoms with Crippen molar-refractivity contribution in [2.45, 2.75) is 34.6 Å². The first-order valence-electron chi connectivity index (χ1n) is 4.59. The average Bonchev–Trinajstić information content (AvgIpc) is 1.96. The molecule has 0 atom stereocenters. The van der Waals surface area contributed by atoms with Gasteiger partial charge in [-0.05, 0) is 36.5 Å². The van der Waals surface area contributed by atoms with Crippen LogP contribution < -0.4 is 5.73 Å². The smallest absolute Gasteiger partial charge is 0.0340 e. The standard InChI is InChI=1S/C12H21N/c1-7-10(12(4,5)6)8-11(13)9(2)3/h7-8H,2,13H2,1,3-6H3/b10-7?,11-8+. The van der Waals surface area contributed by atoms with E-state index in [9.17, 15) is 0 Å². The van der Waals surface area contributed by atoms with Crippen molar-refractivity contribution in [3.8, 4) is 0 Å². The molecule has 0 spiro atoms. The second kappa shape index (κ2) is 4.31. The molecule has 74 valence electrons. The van der Waals surface area contributed by atoms with E-state index in [4.69, 9.17) is 5.73 Å². The van der Waals surface area contributed by atoms with Gasteiger partial charge in [0, 0.05) is 5.70 Å². The molecule has 0 aliphatic rings. The van der Waals surface area contributed by atoms with Gasteiger partial charge in [0.1, 0.15) is 0 Å². The lowest BCUT2D eigenvalue weighted by atomic mass is 9.85. The summed E-state index contributed by atoms with van der Waals surface area (Å²) in [7, 11) is 0. The van der Waals surface area contributed by atoms with E-state index in [0.717, 1.165) is 11.3 Å². The topological polar surface area (TPSA) is 26.0 Å². The maximum absolute atomic E-state index is 5.81. The fourth-order valence-corrected chi connectivity index (χ4v) is 1.02. The lowest BCUT2D eigenvalue weighted by Crippen LogP contribution is -2.10. The Kier molecular flexibility index (Phi) is 3.99. The fraction of sp³-hybridized carbons (Fsp3) is 0.500. The molecule has 13 heavy (non-hydrogen) atoms. The van der Waals surface area contributed by atoms with E-state index < -0.39 is 0 Å². The van der Waals surface area contributed by atoms with Crippen LogP contribution in [0.2, 0.25) is 0 Å². The molecule has 0 saturated carbocycles. The Morgan fingerprint density at radius 1 is 1.31 bits per heavy atom. The molecule has 0 heterocycles. The Morgan fingerprint density at radius 2 is 1.77 bits per heavy atom. The summed E-state index contributed by atoms with van der Waals surface area (Å²) in [6.07, 6.45) is 4.10. The first-order chi connectivity index (χ1) is 5.79. The molecule has 0 rings (SSSR count). The second-order valence-corrected chi connectivity index (χ2v) is 4.37. The Bertz CT molecular complexity index is 249. The molecule has 1 nitrogen and oxygen atoms in total. The maximum Gasteiger partial charge on any atom is 0.0340 e. The lowest BCUT2D eigenvalue weighted by Gasteiger charge is -2.20. The molecule has 0 aliphatic heterocycles. The molecule has 0 unspecified atom stereocenters. The normalized spacial score (nSPS) is 14.5. The van der Waals surface area contributed by atoms with Crippen LogP contribution in [-0.2, 0) is 0 Å². The van der Waals surface area contributed by atoms with Crippen LogP contribution in [0.1, 0.15) is 34.6 Å². The molecule has 0 aromatic carbocycles. The van der Waals surface area contributed by atoms with Crippen molar-refractivity contribution in [2.75, 3.05) is 0 Å². The highest BCUT2D eigenvalue weighted by Crippen LogP contribution is 2.27. The van der Waals surface area contributed by atoms with Crippen molar-refractivity contribution in [3.05, 3.63) is 35.6 Å². The molecule has 2 N–H and O–H groups in total. The Hall–Kier alpha value is -0.980. The van der Waals surface area contributed by atoms with Crippen LogP contribution in [0, 0.1) is 5.41 Å². The largest absolute Gasteiger partial charge is 0.399 e. The summed E-state index contributed by atoms with van der Waals surface area (Å²) in [5.74, 6) is 0. The SMILES string of the molecule is C=C(C)/C(N)=C\C(=CC)C(C)(C)C. The van der Waals surface area contributed by atoms with Crippen LogP contribution in [-0.4, -0.2) is 0 Å². The summed E-state index contributed by atoms with van der Waals surface area (Å²) in [5.41, 5.74) is 8.89. The number of hydrogen-bond donors (Lipinski definition) is 1. The van der Waals surface area contributed by atoms with Crippen LogP contribution in [0.25, 0.3) is 0 Å². The highest BCUT2D eigenvalue weighted by molar-refractivity contribution is 5.34. The van der Waals surface area contributed by atoms with E-state index in [-0.39, 0.29) is 5.41 Å². The Morgan fingerprint density at radius 3 is 2.00 bits per heavy atom. The summed E-state index contributed by atoms with van der Waals surface area (Å²) in [6.45, 7) is 14.3. The summed E-state index contributed by atoms with van der Waals surface area (Å²) in [6, 6.07) is 0. The zero-order valence-corrected chi connectivity index (χ0v) is 9.44. The maximum atomic E-state index is 5.81. The van der Waals surface area contributed by atoms with Gasteiger partial charge in [-0.1, -0.05) is 33.4 Å². The molecule has 0 fully saturated rings. The van der Waals surface area contributed by atoms with Crippen molar-refractivity contribution < 1.29 is 0 Å². The molecule has 0 aromatic heterocycles. The minimum atomic E-state index is 0.148. The zero-order chi connectivity index (χ0) is 10.6. The summed E-state index contributed by atoms with van der Waals surface area (Å²) in [4.78, 5) is 0. The van der Waals surface area contributed by atoms with Gasteiger partial charge in [-0.25, -0.2) is 0 Å². The number of allylic oxidation sites excluding steroid dienone is 4. The zero-order valence-electron chi connectivity index (χ0n) is 9.44. The molecule has 0 amide bonds. The van der Waals surface area contributed by atoms with Gasteiger partial charge in [0.05, 0.1) is 0 Å². The van der Waals surface area contributed by atoms with E-state index in [1.165, 1.54) is 5.57 Å². The van der Waals surface area contributed by atoms with E-state index in [0.29, 0.717) is 0 Å². The summed E-state index contributed by atoms with van der Waals surface area (Å²) in [5, 5.41) is 0. The number of nitrogens with two attached hydrogens (primary N) is 1. The van der Waals surface area contributed by atoms with Gasteiger partial charge in [0.25, 0.3) is 0 Å². The average molecular weight is 179 g/mol. The van der Waals surface area contributed by atoms with Crippen LogP contribution in [0.4, 0.5) is 0 Å². The monoisotopic (exact) mass is 179 g/mol. The van der Waals surface area contributed by atoms with Crippen molar-refractivity contribution in [3.63, 3.8) is 0 Å². The van der Waals surface area contributed by atoms with Gasteiger partial charge in [-0.15, -0.1) is 0 Å².